The zero-order valence-corrected chi connectivity index (χ0v) is 14.8. The minimum atomic E-state index is -0.289. The van der Waals surface area contributed by atoms with E-state index in [1.807, 2.05) is 6.92 Å². The molecule has 3 nitrogen and oxygen atoms in total. The summed E-state index contributed by atoms with van der Waals surface area (Å²) < 4.78 is 0. The van der Waals surface area contributed by atoms with Crippen molar-refractivity contribution in [1.82, 2.24) is 0 Å². The van der Waals surface area contributed by atoms with Crippen molar-refractivity contribution < 1.29 is 9.90 Å². The normalized spacial score (nSPS) is 47.5. The van der Waals surface area contributed by atoms with Gasteiger partial charge in [0.2, 0.25) is 0 Å². The smallest absolute Gasteiger partial charge is 0.139 e. The minimum absolute atomic E-state index is 0.225. The summed E-state index contributed by atoms with van der Waals surface area (Å²) in [7, 11) is 0. The number of nitriles is 1. The zero-order valence-electron chi connectivity index (χ0n) is 14.8. The van der Waals surface area contributed by atoms with E-state index < -0.39 is 0 Å². The van der Waals surface area contributed by atoms with E-state index in [-0.39, 0.29) is 16.9 Å². The van der Waals surface area contributed by atoms with Gasteiger partial charge >= 0.3 is 0 Å². The van der Waals surface area contributed by atoms with Gasteiger partial charge in [-0.15, -0.1) is 0 Å². The molecule has 0 aromatic heterocycles. The summed E-state index contributed by atoms with van der Waals surface area (Å²) in [6, 6.07) is 2.25. The molecule has 0 radical (unpaired) electrons. The van der Waals surface area contributed by atoms with Crippen LogP contribution in [0.25, 0.3) is 0 Å². The molecule has 23 heavy (non-hydrogen) atoms. The average molecular weight is 317 g/mol. The van der Waals surface area contributed by atoms with Crippen LogP contribution in [0.1, 0.15) is 72.1 Å². The number of ketones is 1. The van der Waals surface area contributed by atoms with Gasteiger partial charge in [0.25, 0.3) is 0 Å². The van der Waals surface area contributed by atoms with Crippen LogP contribution < -0.4 is 0 Å². The Hall–Kier alpha value is -0.880. The predicted octanol–water partition coefficient (Wildman–Crippen LogP) is 4.10. The third kappa shape index (κ3) is 2.45. The maximum absolute atomic E-state index is 12.7. The highest BCUT2D eigenvalue weighted by atomic mass is 16.3. The molecule has 3 aliphatic carbocycles. The van der Waals surface area contributed by atoms with E-state index in [2.05, 4.69) is 19.9 Å². The highest BCUT2D eigenvalue weighted by Gasteiger charge is 2.59. The van der Waals surface area contributed by atoms with Gasteiger partial charge in [0.1, 0.15) is 5.78 Å². The fourth-order valence-electron chi connectivity index (χ4n) is 6.74. The molecule has 0 spiro atoms. The van der Waals surface area contributed by atoms with E-state index in [1.54, 1.807) is 0 Å². The van der Waals surface area contributed by atoms with Crippen LogP contribution in [0, 0.1) is 45.8 Å². The molecule has 3 saturated carbocycles. The molecule has 0 aliphatic heterocycles. The van der Waals surface area contributed by atoms with E-state index >= 15 is 0 Å². The predicted molar refractivity (Wildman–Crippen MR) is 89.4 cm³/mol. The molecular weight excluding hydrogens is 286 g/mol. The third-order valence-electron chi connectivity index (χ3n) is 8.01. The average Bonchev–Trinajstić information content (AvgIpc) is 2.86. The van der Waals surface area contributed by atoms with Crippen LogP contribution in [-0.2, 0) is 4.79 Å². The number of carbonyl (C=O) groups excluding carboxylic acids is 1. The summed E-state index contributed by atoms with van der Waals surface area (Å²) in [6.45, 7) is 6.47. The van der Waals surface area contributed by atoms with Crippen LogP contribution in [-0.4, -0.2) is 17.0 Å². The molecular formula is C20H31NO2. The molecule has 128 valence electrons. The van der Waals surface area contributed by atoms with Crippen molar-refractivity contribution in [2.45, 2.75) is 78.2 Å². The first-order chi connectivity index (χ1) is 10.8. The molecule has 1 N–H and O–H groups in total. The SMILES string of the molecule is C[C@H](O)C1CCC2C3CCC(=O)[C@@](C)(CCC#N)C3CCC21C. The fourth-order valence-corrected chi connectivity index (χ4v) is 6.74. The van der Waals surface area contributed by atoms with Crippen molar-refractivity contribution in [1.29, 1.82) is 5.26 Å². The number of rotatable bonds is 3. The zero-order chi connectivity index (χ0) is 16.8. The fraction of sp³-hybridized carbons (Fsp3) is 0.900. The first-order valence-electron chi connectivity index (χ1n) is 9.43. The Kier molecular flexibility index (Phi) is 4.34. The lowest BCUT2D eigenvalue weighted by Gasteiger charge is -2.56. The third-order valence-corrected chi connectivity index (χ3v) is 8.01. The van der Waals surface area contributed by atoms with Gasteiger partial charge in [-0.2, -0.15) is 5.26 Å². The molecule has 3 fully saturated rings. The summed E-state index contributed by atoms with van der Waals surface area (Å²) >= 11 is 0. The Morgan fingerprint density at radius 3 is 2.65 bits per heavy atom. The number of hydrogen-bond donors (Lipinski definition) is 1. The van der Waals surface area contributed by atoms with Gasteiger partial charge in [-0.25, -0.2) is 0 Å². The molecule has 3 heteroatoms. The molecule has 0 aromatic carbocycles. The van der Waals surface area contributed by atoms with E-state index in [9.17, 15) is 9.90 Å². The van der Waals surface area contributed by atoms with Gasteiger partial charge in [-0.1, -0.05) is 13.8 Å². The first kappa shape index (κ1) is 17.0. The summed E-state index contributed by atoms with van der Waals surface area (Å²) in [5.74, 6) is 2.51. The molecule has 5 unspecified atom stereocenters. The van der Waals surface area contributed by atoms with Gasteiger partial charge in [0.15, 0.2) is 0 Å². The van der Waals surface area contributed by atoms with Crippen LogP contribution in [0.3, 0.4) is 0 Å². The second-order valence-corrected chi connectivity index (χ2v) is 8.88. The Morgan fingerprint density at radius 1 is 1.26 bits per heavy atom. The molecule has 0 saturated heterocycles. The molecule has 7 atom stereocenters. The lowest BCUT2D eigenvalue weighted by atomic mass is 9.48. The van der Waals surface area contributed by atoms with Gasteiger partial charge in [0, 0.05) is 18.3 Å². The largest absolute Gasteiger partial charge is 0.393 e. The highest BCUT2D eigenvalue weighted by molar-refractivity contribution is 5.85. The van der Waals surface area contributed by atoms with Gasteiger partial charge in [0.05, 0.1) is 12.2 Å². The standard InChI is InChI=1S/C20H31NO2/c1-13(22)15-6-7-16-14-5-8-18(23)20(3,10-4-12-21)17(14)9-11-19(15,16)2/h13-17,22H,4-11H2,1-3H3/t13-,14?,15?,16?,17?,19?,20-/m0/s1. The van der Waals surface area contributed by atoms with Crippen molar-refractivity contribution in [3.05, 3.63) is 0 Å². The van der Waals surface area contributed by atoms with Gasteiger partial charge in [-0.05, 0) is 74.5 Å². The number of aliphatic hydroxyl groups excluding tert-OH is 1. The van der Waals surface area contributed by atoms with Crippen molar-refractivity contribution in [3.63, 3.8) is 0 Å². The second-order valence-electron chi connectivity index (χ2n) is 8.88. The van der Waals surface area contributed by atoms with E-state index in [1.165, 1.54) is 6.42 Å². The lowest BCUT2D eigenvalue weighted by molar-refractivity contribution is -0.146. The highest BCUT2D eigenvalue weighted by Crippen LogP contribution is 2.64. The van der Waals surface area contributed by atoms with Gasteiger partial charge in [-0.3, -0.25) is 4.79 Å². The number of carbonyl (C=O) groups is 1. The maximum Gasteiger partial charge on any atom is 0.139 e. The second kappa shape index (κ2) is 5.88. The van der Waals surface area contributed by atoms with E-state index in [4.69, 9.17) is 5.26 Å². The molecule has 0 aromatic rings. The van der Waals surface area contributed by atoms with Crippen molar-refractivity contribution in [3.8, 4) is 6.07 Å². The van der Waals surface area contributed by atoms with Crippen molar-refractivity contribution in [2.75, 3.05) is 0 Å². The van der Waals surface area contributed by atoms with E-state index in [0.29, 0.717) is 42.3 Å². The Bertz CT molecular complexity index is 522. The molecule has 3 aliphatic rings. The summed E-state index contributed by atoms with van der Waals surface area (Å²) in [5, 5.41) is 19.2. The molecule has 0 bridgehead atoms. The molecule has 0 amide bonds. The lowest BCUT2D eigenvalue weighted by Crippen LogP contribution is -2.52. The number of nitrogens with zero attached hydrogens (tertiary/aromatic N) is 1. The van der Waals surface area contributed by atoms with Crippen LogP contribution in [0.2, 0.25) is 0 Å². The maximum atomic E-state index is 12.7. The quantitative estimate of drug-likeness (QED) is 0.852. The van der Waals surface area contributed by atoms with E-state index in [0.717, 1.165) is 32.1 Å². The first-order valence-corrected chi connectivity index (χ1v) is 9.43. The Morgan fingerprint density at radius 2 is 2.00 bits per heavy atom. The summed E-state index contributed by atoms with van der Waals surface area (Å²) in [5.41, 5.74) is -0.0469. The van der Waals surface area contributed by atoms with Gasteiger partial charge < -0.3 is 5.11 Å². The van der Waals surface area contributed by atoms with Crippen LogP contribution >= 0.6 is 0 Å². The Balaban J connectivity index is 1.88. The van der Waals surface area contributed by atoms with Crippen molar-refractivity contribution in [2.24, 2.45) is 34.5 Å². The number of Topliss-reactive ketones (excluding diaryl/α,β-unsaturated/α-hetero) is 1. The van der Waals surface area contributed by atoms with Crippen LogP contribution in [0.5, 0.6) is 0 Å². The monoisotopic (exact) mass is 317 g/mol. The number of fused-ring (bicyclic) bond motifs is 3. The Labute approximate surface area is 140 Å². The van der Waals surface area contributed by atoms with Crippen LogP contribution in [0.15, 0.2) is 0 Å². The summed E-state index contributed by atoms with van der Waals surface area (Å²) in [4.78, 5) is 12.7. The number of hydrogen-bond acceptors (Lipinski definition) is 3. The molecule has 3 rings (SSSR count). The summed E-state index contributed by atoms with van der Waals surface area (Å²) in [6.07, 6.45) is 7.26. The minimum Gasteiger partial charge on any atom is -0.393 e. The van der Waals surface area contributed by atoms with Crippen LogP contribution in [0.4, 0.5) is 0 Å². The number of aliphatic hydroxyl groups is 1. The topological polar surface area (TPSA) is 61.1 Å². The molecule has 0 heterocycles. The van der Waals surface area contributed by atoms with Crippen molar-refractivity contribution >= 4 is 5.78 Å².